The van der Waals surface area contributed by atoms with Gasteiger partial charge in [0, 0.05) is 17.1 Å². The minimum Gasteiger partial charge on any atom is -0.381 e. The molecule has 1 aliphatic rings. The van der Waals surface area contributed by atoms with Crippen molar-refractivity contribution in [3.8, 4) is 0 Å². The fraction of sp³-hybridized carbons (Fsp3) is 0.400. The van der Waals surface area contributed by atoms with Gasteiger partial charge in [-0.15, -0.1) is 0 Å². The quantitative estimate of drug-likeness (QED) is 0.667. The van der Waals surface area contributed by atoms with Crippen LogP contribution in [-0.2, 0) is 0 Å². The van der Waals surface area contributed by atoms with Crippen LogP contribution in [0.1, 0.15) is 13.8 Å². The first kappa shape index (κ1) is 8.70. The van der Waals surface area contributed by atoms with E-state index < -0.39 is 0 Å². The average Bonchev–Trinajstić information content (AvgIpc) is 2.01. The lowest BCUT2D eigenvalue weighted by Gasteiger charge is -2.34. The van der Waals surface area contributed by atoms with Crippen LogP contribution in [0.2, 0.25) is 5.02 Å². The molecule has 0 saturated carbocycles. The van der Waals surface area contributed by atoms with E-state index in [1.54, 1.807) is 0 Å². The highest BCUT2D eigenvalue weighted by Gasteiger charge is 2.23. The third-order valence-electron chi connectivity index (χ3n) is 2.18. The van der Waals surface area contributed by atoms with E-state index in [0.717, 1.165) is 22.9 Å². The Morgan fingerprint density at radius 3 is 2.85 bits per heavy atom. The lowest BCUT2D eigenvalue weighted by atomic mass is 10.0. The lowest BCUT2D eigenvalue weighted by Crippen LogP contribution is -2.42. The summed E-state index contributed by atoms with van der Waals surface area (Å²) >= 11 is 5.90. The molecule has 3 heteroatoms. The molecule has 0 bridgehead atoms. The Bertz CT molecular complexity index is 334. The van der Waals surface area contributed by atoms with Gasteiger partial charge in [-0.25, -0.2) is 0 Å². The molecule has 0 spiro atoms. The smallest absolute Gasteiger partial charge is 0.0595 e. The van der Waals surface area contributed by atoms with Crippen molar-refractivity contribution in [3.05, 3.63) is 23.2 Å². The van der Waals surface area contributed by atoms with Crippen molar-refractivity contribution in [3.63, 3.8) is 0 Å². The maximum absolute atomic E-state index is 5.90. The molecule has 1 heterocycles. The van der Waals surface area contributed by atoms with Gasteiger partial charge in [0.25, 0.3) is 0 Å². The Labute approximate surface area is 83.3 Å². The van der Waals surface area contributed by atoms with Gasteiger partial charge < -0.3 is 10.6 Å². The van der Waals surface area contributed by atoms with E-state index in [9.17, 15) is 0 Å². The Morgan fingerprint density at radius 2 is 2.08 bits per heavy atom. The van der Waals surface area contributed by atoms with Gasteiger partial charge in [0.2, 0.25) is 0 Å². The second kappa shape index (κ2) is 2.81. The molecule has 2 nitrogen and oxygen atoms in total. The minimum atomic E-state index is 0.0949. The number of hydrogen-bond donors (Lipinski definition) is 2. The summed E-state index contributed by atoms with van der Waals surface area (Å²) in [4.78, 5) is 0. The Hall–Kier alpha value is -0.890. The van der Waals surface area contributed by atoms with Gasteiger partial charge in [-0.1, -0.05) is 11.6 Å². The lowest BCUT2D eigenvalue weighted by molar-refractivity contribution is 0.589. The number of benzene rings is 1. The minimum absolute atomic E-state index is 0.0949. The number of nitrogens with one attached hydrogen (secondary N) is 2. The SMILES string of the molecule is CC1(C)CNc2ccc(Cl)cc2N1. The van der Waals surface area contributed by atoms with Crippen LogP contribution in [0.4, 0.5) is 11.4 Å². The summed E-state index contributed by atoms with van der Waals surface area (Å²) in [7, 11) is 0. The molecule has 0 aliphatic carbocycles. The highest BCUT2D eigenvalue weighted by atomic mass is 35.5. The highest BCUT2D eigenvalue weighted by Crippen LogP contribution is 2.31. The van der Waals surface area contributed by atoms with E-state index in [0.29, 0.717) is 0 Å². The van der Waals surface area contributed by atoms with Crippen molar-refractivity contribution in [2.24, 2.45) is 0 Å². The van der Waals surface area contributed by atoms with Crippen LogP contribution in [0.15, 0.2) is 18.2 Å². The average molecular weight is 197 g/mol. The van der Waals surface area contributed by atoms with E-state index in [-0.39, 0.29) is 5.54 Å². The summed E-state index contributed by atoms with van der Waals surface area (Å²) < 4.78 is 0. The van der Waals surface area contributed by atoms with Gasteiger partial charge in [0.05, 0.1) is 11.4 Å². The molecule has 0 unspecified atom stereocenters. The normalized spacial score (nSPS) is 18.4. The standard InChI is InChI=1S/C10H13ClN2/c1-10(2)6-12-8-4-3-7(11)5-9(8)13-10/h3-5,12-13H,6H2,1-2H3. The predicted octanol–water partition coefficient (Wildman–Crippen LogP) is 2.96. The molecule has 0 aromatic heterocycles. The zero-order valence-corrected chi connectivity index (χ0v) is 8.57. The van der Waals surface area contributed by atoms with Crippen molar-refractivity contribution < 1.29 is 0 Å². The van der Waals surface area contributed by atoms with Gasteiger partial charge in [0.1, 0.15) is 0 Å². The van der Waals surface area contributed by atoms with Crippen molar-refractivity contribution >= 4 is 23.0 Å². The first-order valence-corrected chi connectivity index (χ1v) is 4.76. The maximum atomic E-state index is 5.90. The summed E-state index contributed by atoms with van der Waals surface area (Å²) in [6.45, 7) is 5.25. The molecule has 70 valence electrons. The molecule has 2 N–H and O–H groups in total. The third-order valence-corrected chi connectivity index (χ3v) is 2.41. The van der Waals surface area contributed by atoms with Gasteiger partial charge in [-0.3, -0.25) is 0 Å². The van der Waals surface area contributed by atoms with Crippen LogP contribution < -0.4 is 10.6 Å². The largest absolute Gasteiger partial charge is 0.381 e. The molecular weight excluding hydrogens is 184 g/mol. The van der Waals surface area contributed by atoms with Crippen LogP contribution >= 0.6 is 11.6 Å². The maximum Gasteiger partial charge on any atom is 0.0595 e. The van der Waals surface area contributed by atoms with Gasteiger partial charge >= 0.3 is 0 Å². The molecule has 0 radical (unpaired) electrons. The number of halogens is 1. The second-order valence-corrected chi connectivity index (χ2v) is 4.49. The molecule has 0 fully saturated rings. The van der Waals surface area contributed by atoms with E-state index >= 15 is 0 Å². The van der Waals surface area contributed by atoms with Crippen molar-refractivity contribution in [2.45, 2.75) is 19.4 Å². The summed E-state index contributed by atoms with van der Waals surface area (Å²) in [6, 6.07) is 5.85. The van der Waals surface area contributed by atoms with Crippen molar-refractivity contribution in [1.82, 2.24) is 0 Å². The first-order valence-electron chi connectivity index (χ1n) is 4.38. The molecular formula is C10H13ClN2. The number of hydrogen-bond acceptors (Lipinski definition) is 2. The molecule has 2 rings (SSSR count). The van der Waals surface area contributed by atoms with E-state index in [2.05, 4.69) is 24.5 Å². The van der Waals surface area contributed by atoms with Crippen molar-refractivity contribution in [2.75, 3.05) is 17.2 Å². The van der Waals surface area contributed by atoms with Gasteiger partial charge in [0.15, 0.2) is 0 Å². The van der Waals surface area contributed by atoms with E-state index in [1.165, 1.54) is 0 Å². The molecule has 0 amide bonds. The van der Waals surface area contributed by atoms with Crippen LogP contribution in [0.3, 0.4) is 0 Å². The van der Waals surface area contributed by atoms with Gasteiger partial charge in [-0.2, -0.15) is 0 Å². The Kier molecular flexibility index (Phi) is 1.88. The number of rotatable bonds is 0. The Morgan fingerprint density at radius 1 is 1.31 bits per heavy atom. The number of fused-ring (bicyclic) bond motifs is 1. The van der Waals surface area contributed by atoms with Crippen LogP contribution in [0, 0.1) is 0 Å². The van der Waals surface area contributed by atoms with Gasteiger partial charge in [-0.05, 0) is 32.0 Å². The summed E-state index contributed by atoms with van der Waals surface area (Å²) in [5.74, 6) is 0. The first-order chi connectivity index (χ1) is 6.07. The van der Waals surface area contributed by atoms with Crippen LogP contribution in [0.25, 0.3) is 0 Å². The predicted molar refractivity (Wildman–Crippen MR) is 57.6 cm³/mol. The third kappa shape index (κ3) is 1.73. The molecule has 0 atom stereocenters. The summed E-state index contributed by atoms with van der Waals surface area (Å²) in [5.41, 5.74) is 2.31. The zero-order valence-electron chi connectivity index (χ0n) is 7.82. The monoisotopic (exact) mass is 196 g/mol. The number of anilines is 2. The summed E-state index contributed by atoms with van der Waals surface area (Å²) in [5, 5.41) is 7.56. The second-order valence-electron chi connectivity index (χ2n) is 4.05. The molecule has 1 aromatic carbocycles. The van der Waals surface area contributed by atoms with Crippen LogP contribution in [-0.4, -0.2) is 12.1 Å². The van der Waals surface area contributed by atoms with E-state index in [1.807, 2.05) is 18.2 Å². The fourth-order valence-corrected chi connectivity index (χ4v) is 1.67. The molecule has 1 aliphatic heterocycles. The topological polar surface area (TPSA) is 24.1 Å². The van der Waals surface area contributed by atoms with E-state index in [4.69, 9.17) is 11.6 Å². The molecule has 13 heavy (non-hydrogen) atoms. The zero-order chi connectivity index (χ0) is 9.47. The summed E-state index contributed by atoms with van der Waals surface area (Å²) in [6.07, 6.45) is 0. The molecule has 1 aromatic rings. The van der Waals surface area contributed by atoms with Crippen LogP contribution in [0.5, 0.6) is 0 Å². The van der Waals surface area contributed by atoms with Crippen molar-refractivity contribution in [1.29, 1.82) is 0 Å². The molecule has 0 saturated heterocycles. The fourth-order valence-electron chi connectivity index (χ4n) is 1.50. The highest BCUT2D eigenvalue weighted by molar-refractivity contribution is 6.31. The Balaban J connectivity index is 2.38.